The van der Waals surface area contributed by atoms with Crippen LogP contribution in [0.1, 0.15) is 24.2 Å². The fourth-order valence-electron chi connectivity index (χ4n) is 1.57. The van der Waals surface area contributed by atoms with E-state index in [4.69, 9.17) is 4.74 Å². The van der Waals surface area contributed by atoms with Crippen LogP contribution in [0.5, 0.6) is 0 Å². The van der Waals surface area contributed by atoms with E-state index >= 15 is 0 Å². The molecule has 0 saturated carbocycles. The van der Waals surface area contributed by atoms with Crippen LogP contribution in [0.25, 0.3) is 0 Å². The number of carbonyl (C=O) groups excluding carboxylic acids is 1. The van der Waals surface area contributed by atoms with Crippen molar-refractivity contribution >= 4 is 5.91 Å². The first-order valence-electron chi connectivity index (χ1n) is 5.61. The highest BCUT2D eigenvalue weighted by atomic mass is 19.1. The Morgan fingerprint density at radius 1 is 1.47 bits per heavy atom. The molecule has 0 spiro atoms. The summed E-state index contributed by atoms with van der Waals surface area (Å²) in [5.74, 6) is -0.567. The Bertz CT molecular complexity index is 379. The third-order valence-electron chi connectivity index (χ3n) is 2.49. The van der Waals surface area contributed by atoms with E-state index in [1.54, 1.807) is 18.1 Å². The molecule has 4 heteroatoms. The molecule has 0 bridgehead atoms. The van der Waals surface area contributed by atoms with Crippen molar-refractivity contribution in [3.63, 3.8) is 0 Å². The number of hydrogen-bond donors (Lipinski definition) is 0. The summed E-state index contributed by atoms with van der Waals surface area (Å²) in [5, 5.41) is 0. The summed E-state index contributed by atoms with van der Waals surface area (Å²) in [7, 11) is 1.59. The maximum absolute atomic E-state index is 13.0. The molecule has 17 heavy (non-hydrogen) atoms. The summed E-state index contributed by atoms with van der Waals surface area (Å²) in [4.78, 5) is 13.8. The van der Waals surface area contributed by atoms with Crippen LogP contribution in [0.4, 0.5) is 4.39 Å². The van der Waals surface area contributed by atoms with Gasteiger partial charge in [-0.2, -0.15) is 0 Å². The van der Waals surface area contributed by atoms with Gasteiger partial charge in [-0.1, -0.05) is 6.07 Å². The monoisotopic (exact) mass is 239 g/mol. The van der Waals surface area contributed by atoms with Crippen LogP contribution in [-0.2, 0) is 4.74 Å². The summed E-state index contributed by atoms with van der Waals surface area (Å²) in [6, 6.07) is 5.79. The quantitative estimate of drug-likeness (QED) is 0.789. The minimum atomic E-state index is -0.397. The molecule has 0 radical (unpaired) electrons. The van der Waals surface area contributed by atoms with Gasteiger partial charge in [-0.3, -0.25) is 4.79 Å². The predicted octanol–water partition coefficient (Wildman–Crippen LogP) is 2.32. The molecule has 94 valence electrons. The van der Waals surface area contributed by atoms with Crippen LogP contribution in [0.15, 0.2) is 24.3 Å². The Morgan fingerprint density at radius 3 is 2.71 bits per heavy atom. The van der Waals surface area contributed by atoms with E-state index in [2.05, 4.69) is 0 Å². The average Bonchev–Trinajstić information content (AvgIpc) is 2.29. The van der Waals surface area contributed by atoms with Crippen LogP contribution in [0.3, 0.4) is 0 Å². The molecule has 0 saturated heterocycles. The van der Waals surface area contributed by atoms with E-state index < -0.39 is 5.82 Å². The van der Waals surface area contributed by atoms with Crippen molar-refractivity contribution in [1.82, 2.24) is 4.90 Å². The van der Waals surface area contributed by atoms with Crippen LogP contribution < -0.4 is 0 Å². The molecule has 0 aliphatic heterocycles. The van der Waals surface area contributed by atoms with Gasteiger partial charge >= 0.3 is 0 Å². The summed E-state index contributed by atoms with van der Waals surface area (Å²) < 4.78 is 18.0. The lowest BCUT2D eigenvalue weighted by Gasteiger charge is -2.26. The van der Waals surface area contributed by atoms with Crippen molar-refractivity contribution in [2.45, 2.75) is 19.9 Å². The van der Waals surface area contributed by atoms with E-state index in [1.807, 2.05) is 13.8 Å². The highest BCUT2D eigenvalue weighted by Crippen LogP contribution is 2.10. The van der Waals surface area contributed by atoms with E-state index in [0.29, 0.717) is 18.7 Å². The molecular formula is C13H18FNO2. The molecule has 0 fully saturated rings. The smallest absolute Gasteiger partial charge is 0.254 e. The zero-order chi connectivity index (χ0) is 12.8. The minimum absolute atomic E-state index is 0.0564. The lowest BCUT2D eigenvalue weighted by Crippen LogP contribution is -2.39. The van der Waals surface area contributed by atoms with Crippen molar-refractivity contribution < 1.29 is 13.9 Å². The Labute approximate surface area is 101 Å². The van der Waals surface area contributed by atoms with Gasteiger partial charge in [-0.15, -0.1) is 0 Å². The first-order chi connectivity index (χ1) is 8.06. The van der Waals surface area contributed by atoms with Gasteiger partial charge in [-0.05, 0) is 32.0 Å². The third-order valence-corrected chi connectivity index (χ3v) is 2.49. The van der Waals surface area contributed by atoms with Crippen LogP contribution in [-0.4, -0.2) is 37.1 Å². The molecule has 3 nitrogen and oxygen atoms in total. The van der Waals surface area contributed by atoms with E-state index in [0.717, 1.165) is 0 Å². The Hall–Kier alpha value is -1.42. The molecule has 0 atom stereocenters. The Balaban J connectivity index is 2.84. The SMILES string of the molecule is COCCN(C(=O)c1cccc(F)c1)C(C)C. The standard InChI is InChI=1S/C13H18FNO2/c1-10(2)15(7-8-17-3)13(16)11-5-4-6-12(14)9-11/h4-6,9-10H,7-8H2,1-3H3. The number of ether oxygens (including phenoxy) is 1. The molecule has 0 aromatic heterocycles. The maximum Gasteiger partial charge on any atom is 0.254 e. The molecule has 0 unspecified atom stereocenters. The maximum atomic E-state index is 13.0. The summed E-state index contributed by atoms with van der Waals surface area (Å²) in [6.45, 7) is 4.82. The predicted molar refractivity (Wildman–Crippen MR) is 64.4 cm³/mol. The molecule has 1 rings (SSSR count). The third kappa shape index (κ3) is 3.82. The summed E-state index contributed by atoms with van der Waals surface area (Å²) >= 11 is 0. The van der Waals surface area contributed by atoms with Gasteiger partial charge in [0.1, 0.15) is 5.82 Å². The number of nitrogens with zero attached hydrogens (tertiary/aromatic N) is 1. The Morgan fingerprint density at radius 2 is 2.18 bits per heavy atom. The van der Waals surface area contributed by atoms with Gasteiger partial charge in [0.05, 0.1) is 6.61 Å². The largest absolute Gasteiger partial charge is 0.383 e. The number of rotatable bonds is 5. The molecule has 1 amide bonds. The fraction of sp³-hybridized carbons (Fsp3) is 0.462. The number of benzene rings is 1. The van der Waals surface area contributed by atoms with Crippen LogP contribution in [0.2, 0.25) is 0 Å². The zero-order valence-corrected chi connectivity index (χ0v) is 10.4. The van der Waals surface area contributed by atoms with E-state index in [9.17, 15) is 9.18 Å². The topological polar surface area (TPSA) is 29.5 Å². The molecule has 0 aliphatic carbocycles. The van der Waals surface area contributed by atoms with Gasteiger partial charge in [0.15, 0.2) is 0 Å². The van der Waals surface area contributed by atoms with Gasteiger partial charge in [0, 0.05) is 25.3 Å². The lowest BCUT2D eigenvalue weighted by molar-refractivity contribution is 0.0634. The van der Waals surface area contributed by atoms with Crippen molar-refractivity contribution in [2.24, 2.45) is 0 Å². The van der Waals surface area contributed by atoms with Gasteiger partial charge in [-0.25, -0.2) is 4.39 Å². The number of carbonyl (C=O) groups is 1. The number of halogens is 1. The lowest BCUT2D eigenvalue weighted by atomic mass is 10.1. The number of hydrogen-bond acceptors (Lipinski definition) is 2. The molecule has 0 heterocycles. The van der Waals surface area contributed by atoms with E-state index in [1.165, 1.54) is 18.2 Å². The highest BCUT2D eigenvalue weighted by Gasteiger charge is 2.18. The molecule has 0 N–H and O–H groups in total. The van der Waals surface area contributed by atoms with Crippen LogP contribution in [0, 0.1) is 5.82 Å². The molecular weight excluding hydrogens is 221 g/mol. The Kier molecular flexibility index (Phi) is 5.10. The average molecular weight is 239 g/mol. The van der Waals surface area contributed by atoms with Crippen molar-refractivity contribution in [3.05, 3.63) is 35.6 Å². The fourth-order valence-corrected chi connectivity index (χ4v) is 1.57. The number of amides is 1. The summed E-state index contributed by atoms with van der Waals surface area (Å²) in [5.41, 5.74) is 0.370. The van der Waals surface area contributed by atoms with Gasteiger partial charge in [0.2, 0.25) is 0 Å². The normalized spacial score (nSPS) is 10.6. The van der Waals surface area contributed by atoms with E-state index in [-0.39, 0.29) is 11.9 Å². The minimum Gasteiger partial charge on any atom is -0.383 e. The number of methoxy groups -OCH3 is 1. The van der Waals surface area contributed by atoms with Crippen LogP contribution >= 0.6 is 0 Å². The molecule has 0 aliphatic rings. The summed E-state index contributed by atoms with van der Waals surface area (Å²) in [6.07, 6.45) is 0. The second-order valence-electron chi connectivity index (χ2n) is 4.10. The first-order valence-corrected chi connectivity index (χ1v) is 5.61. The van der Waals surface area contributed by atoms with Crippen molar-refractivity contribution in [1.29, 1.82) is 0 Å². The molecule has 1 aromatic carbocycles. The zero-order valence-electron chi connectivity index (χ0n) is 10.4. The second kappa shape index (κ2) is 6.35. The van der Waals surface area contributed by atoms with Crippen molar-refractivity contribution in [2.75, 3.05) is 20.3 Å². The second-order valence-corrected chi connectivity index (χ2v) is 4.10. The highest BCUT2D eigenvalue weighted by molar-refractivity contribution is 5.94. The molecule has 1 aromatic rings. The van der Waals surface area contributed by atoms with Gasteiger partial charge in [0.25, 0.3) is 5.91 Å². The first kappa shape index (κ1) is 13.6. The van der Waals surface area contributed by atoms with Gasteiger partial charge < -0.3 is 9.64 Å². The van der Waals surface area contributed by atoms with Crippen molar-refractivity contribution in [3.8, 4) is 0 Å².